The van der Waals surface area contributed by atoms with E-state index in [2.05, 4.69) is 51.2 Å². The Morgan fingerprint density at radius 3 is 2.34 bits per heavy atom. The maximum absolute atomic E-state index is 12.2. The number of allylic oxidation sites excluding steroid dienone is 3. The van der Waals surface area contributed by atoms with Crippen molar-refractivity contribution in [1.82, 2.24) is 10.2 Å². The van der Waals surface area contributed by atoms with Crippen LogP contribution in [0.1, 0.15) is 73.1 Å². The molecule has 1 aliphatic carbocycles. The minimum Gasteiger partial charge on any atom is -0.442 e. The number of carbonyl (C=O) groups excluding carboxylic acids is 2. The summed E-state index contributed by atoms with van der Waals surface area (Å²) in [6.45, 7) is 11.0. The molecule has 1 saturated heterocycles. The molecule has 35 heavy (non-hydrogen) atoms. The second kappa shape index (κ2) is 13.8. The fourth-order valence-electron chi connectivity index (χ4n) is 4.08. The minimum absolute atomic E-state index is 0.0713. The molecular weight excluding hydrogens is 444 g/mol. The van der Waals surface area contributed by atoms with Gasteiger partial charge in [-0.2, -0.15) is 0 Å². The summed E-state index contributed by atoms with van der Waals surface area (Å²) in [5, 5.41) is 3.08. The van der Waals surface area contributed by atoms with E-state index in [1.165, 1.54) is 16.5 Å². The van der Waals surface area contributed by atoms with Crippen molar-refractivity contribution in [1.29, 1.82) is 0 Å². The SMILES string of the molecule is CC(C=CC(CC1CO1)OC(C)(C)C)=CCC1CCC(NC(=O)C=CC(C)OC(=O)N(C)C)CC1. The molecule has 2 aliphatic rings. The maximum Gasteiger partial charge on any atom is 0.409 e. The quantitative estimate of drug-likeness (QED) is 0.246. The Hall–Kier alpha value is -2.12. The maximum atomic E-state index is 12.2. The summed E-state index contributed by atoms with van der Waals surface area (Å²) in [7, 11) is 3.25. The molecule has 7 nitrogen and oxygen atoms in total. The van der Waals surface area contributed by atoms with Crippen molar-refractivity contribution in [3.8, 4) is 0 Å². The molecule has 1 aliphatic heterocycles. The first kappa shape index (κ1) is 29.1. The van der Waals surface area contributed by atoms with Crippen LogP contribution in [0.4, 0.5) is 4.79 Å². The first-order valence-corrected chi connectivity index (χ1v) is 12.9. The fraction of sp³-hybridized carbons (Fsp3) is 0.714. The molecule has 0 aromatic rings. The Kier molecular flexibility index (Phi) is 11.5. The molecule has 0 spiro atoms. The van der Waals surface area contributed by atoms with Gasteiger partial charge in [-0.05, 0) is 78.7 Å². The molecule has 198 valence electrons. The lowest BCUT2D eigenvalue weighted by molar-refractivity contribution is -0.117. The Bertz CT molecular complexity index is 769. The van der Waals surface area contributed by atoms with Crippen LogP contribution in [0.2, 0.25) is 0 Å². The number of hydrogen-bond acceptors (Lipinski definition) is 5. The van der Waals surface area contributed by atoms with Crippen molar-refractivity contribution in [2.75, 3.05) is 20.7 Å². The van der Waals surface area contributed by atoms with Crippen LogP contribution in [0.5, 0.6) is 0 Å². The van der Waals surface area contributed by atoms with E-state index in [1.807, 2.05) is 0 Å². The van der Waals surface area contributed by atoms with Gasteiger partial charge in [0.15, 0.2) is 0 Å². The van der Waals surface area contributed by atoms with Gasteiger partial charge in [0.1, 0.15) is 6.10 Å². The van der Waals surface area contributed by atoms with Gasteiger partial charge in [-0.3, -0.25) is 4.79 Å². The zero-order valence-corrected chi connectivity index (χ0v) is 22.7. The Morgan fingerprint density at radius 2 is 1.77 bits per heavy atom. The van der Waals surface area contributed by atoms with Gasteiger partial charge in [-0.1, -0.05) is 23.8 Å². The van der Waals surface area contributed by atoms with Gasteiger partial charge < -0.3 is 24.4 Å². The van der Waals surface area contributed by atoms with E-state index < -0.39 is 12.2 Å². The van der Waals surface area contributed by atoms with E-state index in [1.54, 1.807) is 27.1 Å². The van der Waals surface area contributed by atoms with Crippen LogP contribution >= 0.6 is 0 Å². The summed E-state index contributed by atoms with van der Waals surface area (Å²) in [6, 6.07) is 0.202. The molecule has 3 atom stereocenters. The van der Waals surface area contributed by atoms with Crippen molar-refractivity contribution in [2.45, 2.75) is 103 Å². The Balaban J connectivity index is 1.71. The first-order valence-electron chi connectivity index (χ1n) is 12.9. The number of ether oxygens (including phenoxy) is 3. The van der Waals surface area contributed by atoms with Crippen LogP contribution in [0.15, 0.2) is 36.0 Å². The molecule has 7 heteroatoms. The highest BCUT2D eigenvalue weighted by Crippen LogP contribution is 2.28. The van der Waals surface area contributed by atoms with Gasteiger partial charge >= 0.3 is 6.09 Å². The van der Waals surface area contributed by atoms with Crippen LogP contribution in [0.25, 0.3) is 0 Å². The Labute approximate surface area is 211 Å². The average Bonchev–Trinajstić information content (AvgIpc) is 3.58. The van der Waals surface area contributed by atoms with Crippen LogP contribution in [-0.4, -0.2) is 67.6 Å². The topological polar surface area (TPSA) is 80.4 Å². The van der Waals surface area contributed by atoms with E-state index in [9.17, 15) is 9.59 Å². The molecule has 0 aromatic heterocycles. The lowest BCUT2D eigenvalue weighted by atomic mass is 9.83. The molecular formula is C28H46N2O5. The highest BCUT2D eigenvalue weighted by atomic mass is 16.6. The number of rotatable bonds is 11. The van der Waals surface area contributed by atoms with Crippen molar-refractivity contribution >= 4 is 12.0 Å². The molecule has 1 heterocycles. The van der Waals surface area contributed by atoms with Crippen LogP contribution < -0.4 is 5.32 Å². The second-order valence-corrected chi connectivity index (χ2v) is 11.1. The summed E-state index contributed by atoms with van der Waals surface area (Å²) in [5.74, 6) is 0.514. The van der Waals surface area contributed by atoms with Crippen molar-refractivity contribution in [3.05, 3.63) is 36.0 Å². The molecule has 0 bridgehead atoms. The van der Waals surface area contributed by atoms with E-state index >= 15 is 0 Å². The van der Waals surface area contributed by atoms with Crippen molar-refractivity contribution < 1.29 is 23.8 Å². The van der Waals surface area contributed by atoms with E-state index in [0.29, 0.717) is 12.0 Å². The molecule has 1 saturated carbocycles. The van der Waals surface area contributed by atoms with Crippen LogP contribution in [0.3, 0.4) is 0 Å². The normalized spacial score (nSPS) is 24.9. The number of hydrogen-bond donors (Lipinski definition) is 1. The Morgan fingerprint density at radius 1 is 1.11 bits per heavy atom. The zero-order chi connectivity index (χ0) is 26.0. The van der Waals surface area contributed by atoms with Crippen LogP contribution in [0, 0.1) is 5.92 Å². The molecule has 1 N–H and O–H groups in total. The lowest BCUT2D eigenvalue weighted by Crippen LogP contribution is -2.36. The van der Waals surface area contributed by atoms with E-state index in [4.69, 9.17) is 14.2 Å². The summed E-state index contributed by atoms with van der Waals surface area (Å²) in [6.07, 6.45) is 15.4. The summed E-state index contributed by atoms with van der Waals surface area (Å²) < 4.78 is 16.7. The summed E-state index contributed by atoms with van der Waals surface area (Å²) >= 11 is 0. The predicted octanol–water partition coefficient (Wildman–Crippen LogP) is 5.17. The first-order chi connectivity index (χ1) is 16.4. The van der Waals surface area contributed by atoms with Gasteiger partial charge in [-0.15, -0.1) is 0 Å². The zero-order valence-electron chi connectivity index (χ0n) is 22.7. The van der Waals surface area contributed by atoms with E-state index in [-0.39, 0.29) is 23.7 Å². The lowest BCUT2D eigenvalue weighted by Gasteiger charge is -2.28. The van der Waals surface area contributed by atoms with Gasteiger partial charge in [0, 0.05) is 32.6 Å². The molecule has 2 amide bonds. The van der Waals surface area contributed by atoms with Gasteiger partial charge in [0.2, 0.25) is 5.91 Å². The van der Waals surface area contributed by atoms with Crippen molar-refractivity contribution in [3.63, 3.8) is 0 Å². The molecule has 2 fully saturated rings. The van der Waals surface area contributed by atoms with E-state index in [0.717, 1.165) is 45.1 Å². The number of amides is 2. The third-order valence-corrected chi connectivity index (χ3v) is 6.11. The summed E-state index contributed by atoms with van der Waals surface area (Å²) in [5.41, 5.74) is 1.08. The fourth-order valence-corrected chi connectivity index (χ4v) is 4.08. The number of nitrogens with one attached hydrogen (secondary N) is 1. The van der Waals surface area contributed by atoms with Crippen LogP contribution in [-0.2, 0) is 19.0 Å². The van der Waals surface area contributed by atoms with Gasteiger partial charge in [-0.25, -0.2) is 4.79 Å². The third kappa shape index (κ3) is 13.0. The van der Waals surface area contributed by atoms with Gasteiger partial charge in [0.25, 0.3) is 0 Å². The third-order valence-electron chi connectivity index (χ3n) is 6.11. The van der Waals surface area contributed by atoms with Gasteiger partial charge in [0.05, 0.1) is 24.4 Å². The number of epoxide rings is 1. The smallest absolute Gasteiger partial charge is 0.409 e. The minimum atomic E-state index is -0.451. The summed E-state index contributed by atoms with van der Waals surface area (Å²) in [4.78, 5) is 25.1. The second-order valence-electron chi connectivity index (χ2n) is 11.1. The monoisotopic (exact) mass is 490 g/mol. The largest absolute Gasteiger partial charge is 0.442 e. The van der Waals surface area contributed by atoms with Crippen molar-refractivity contribution in [2.24, 2.45) is 5.92 Å². The molecule has 0 radical (unpaired) electrons. The number of carbonyl (C=O) groups is 2. The highest BCUT2D eigenvalue weighted by Gasteiger charge is 2.28. The highest BCUT2D eigenvalue weighted by molar-refractivity contribution is 5.87. The molecule has 2 rings (SSSR count). The standard InChI is InChI=1S/C28H46N2O5/c1-20(9-16-24(18-25-19-33-25)35-28(3,4)5)8-11-22-12-14-23(15-13-22)29-26(31)17-10-21(2)34-27(32)30(6)7/h8-10,16-17,21-25H,11-15,18-19H2,1-7H3,(H,29,31). The molecule has 3 unspecified atom stereocenters. The molecule has 0 aromatic carbocycles. The predicted molar refractivity (Wildman–Crippen MR) is 139 cm³/mol. The number of nitrogens with zero attached hydrogens (tertiary/aromatic N) is 1. The average molecular weight is 491 g/mol.